The quantitative estimate of drug-likeness (QED) is 0.665. The summed E-state index contributed by atoms with van der Waals surface area (Å²) in [5.74, 6) is 0.768. The van der Waals surface area contributed by atoms with Gasteiger partial charge in [0.2, 0.25) is 0 Å². The van der Waals surface area contributed by atoms with Crippen molar-refractivity contribution in [3.63, 3.8) is 0 Å². The molecule has 1 aliphatic heterocycles. The average Bonchev–Trinajstić information content (AvgIpc) is 3.02. The second kappa shape index (κ2) is 6.17. The molecule has 3 aromatic rings. The van der Waals surface area contributed by atoms with E-state index in [2.05, 4.69) is 17.0 Å². The minimum absolute atomic E-state index is 0.0517. The van der Waals surface area contributed by atoms with Crippen molar-refractivity contribution in [2.24, 2.45) is 0 Å². The SMILES string of the molecule is Fc1ccc(C(c2occ3ccccc23)N2CCCCC2)cc1. The van der Waals surface area contributed by atoms with Crippen LogP contribution >= 0.6 is 0 Å². The van der Waals surface area contributed by atoms with Crippen molar-refractivity contribution in [3.05, 3.63) is 71.9 Å². The van der Waals surface area contributed by atoms with Crippen LogP contribution in [-0.4, -0.2) is 18.0 Å². The molecule has 2 aromatic carbocycles. The molecule has 0 amide bonds. The largest absolute Gasteiger partial charge is 0.466 e. The van der Waals surface area contributed by atoms with Gasteiger partial charge in [-0.25, -0.2) is 4.39 Å². The third-order valence-electron chi connectivity index (χ3n) is 4.73. The third kappa shape index (κ3) is 2.77. The lowest BCUT2D eigenvalue weighted by molar-refractivity contribution is 0.171. The molecule has 0 N–H and O–H groups in total. The van der Waals surface area contributed by atoms with Crippen LogP contribution in [0, 0.1) is 5.82 Å². The molecule has 1 atom stereocenters. The Morgan fingerprint density at radius 2 is 1.65 bits per heavy atom. The molecule has 3 heteroatoms. The first kappa shape index (κ1) is 14.5. The molecule has 1 unspecified atom stereocenters. The van der Waals surface area contributed by atoms with Crippen LogP contribution in [0.25, 0.3) is 10.8 Å². The fourth-order valence-corrected chi connectivity index (χ4v) is 3.58. The van der Waals surface area contributed by atoms with Crippen molar-refractivity contribution >= 4 is 10.8 Å². The molecule has 4 rings (SSSR count). The van der Waals surface area contributed by atoms with Gasteiger partial charge in [-0.05, 0) is 43.6 Å². The second-order valence-electron chi connectivity index (χ2n) is 6.24. The number of nitrogens with zero attached hydrogens (tertiary/aromatic N) is 1. The van der Waals surface area contributed by atoms with E-state index in [1.807, 2.05) is 30.5 Å². The summed E-state index contributed by atoms with van der Waals surface area (Å²) in [5.41, 5.74) is 1.09. The number of piperidine rings is 1. The standard InChI is InChI=1S/C20H20FNO/c21-17-10-8-15(9-11-17)19(22-12-4-1-5-13-22)20-18-7-3-2-6-16(18)14-23-20/h2-3,6-11,14,19H,1,4-5,12-13H2. The summed E-state index contributed by atoms with van der Waals surface area (Å²) < 4.78 is 19.3. The molecule has 0 aliphatic carbocycles. The molecule has 1 saturated heterocycles. The van der Waals surface area contributed by atoms with Crippen LogP contribution in [0.3, 0.4) is 0 Å². The molecule has 0 bridgehead atoms. The van der Waals surface area contributed by atoms with Crippen molar-refractivity contribution in [2.45, 2.75) is 25.3 Å². The second-order valence-corrected chi connectivity index (χ2v) is 6.24. The molecule has 0 spiro atoms. The Labute approximate surface area is 135 Å². The molecule has 1 aliphatic rings. The lowest BCUT2D eigenvalue weighted by atomic mass is 9.97. The molecule has 23 heavy (non-hydrogen) atoms. The van der Waals surface area contributed by atoms with Crippen LogP contribution < -0.4 is 0 Å². The van der Waals surface area contributed by atoms with Gasteiger partial charge in [0.15, 0.2) is 0 Å². The zero-order chi connectivity index (χ0) is 15.6. The molecule has 0 saturated carbocycles. The van der Waals surface area contributed by atoms with Gasteiger partial charge in [0.25, 0.3) is 0 Å². The highest BCUT2D eigenvalue weighted by Crippen LogP contribution is 2.36. The van der Waals surface area contributed by atoms with Gasteiger partial charge in [0.05, 0.1) is 12.3 Å². The van der Waals surface area contributed by atoms with E-state index in [-0.39, 0.29) is 11.9 Å². The Hall–Kier alpha value is -2.13. The Morgan fingerprint density at radius 3 is 2.43 bits per heavy atom. The molecule has 2 nitrogen and oxygen atoms in total. The van der Waals surface area contributed by atoms with Gasteiger partial charge in [-0.3, -0.25) is 4.90 Å². The van der Waals surface area contributed by atoms with E-state index in [4.69, 9.17) is 4.42 Å². The third-order valence-corrected chi connectivity index (χ3v) is 4.73. The molecule has 1 aromatic heterocycles. The van der Waals surface area contributed by atoms with Crippen molar-refractivity contribution < 1.29 is 8.81 Å². The number of rotatable bonds is 3. The number of likely N-dealkylation sites (tertiary alicyclic amines) is 1. The highest BCUT2D eigenvalue weighted by molar-refractivity contribution is 5.84. The van der Waals surface area contributed by atoms with E-state index in [9.17, 15) is 4.39 Å². The number of hydrogen-bond acceptors (Lipinski definition) is 2. The minimum atomic E-state index is -0.199. The number of fused-ring (bicyclic) bond motifs is 1. The van der Waals surface area contributed by atoms with E-state index in [0.717, 1.165) is 35.2 Å². The molecule has 1 fully saturated rings. The van der Waals surface area contributed by atoms with Gasteiger partial charge >= 0.3 is 0 Å². The number of halogens is 1. The normalized spacial score (nSPS) is 17.4. The minimum Gasteiger partial charge on any atom is -0.466 e. The van der Waals surface area contributed by atoms with Crippen LogP contribution in [0.5, 0.6) is 0 Å². The summed E-state index contributed by atoms with van der Waals surface area (Å²) in [5, 5.41) is 2.26. The maximum Gasteiger partial charge on any atom is 0.133 e. The first-order valence-corrected chi connectivity index (χ1v) is 8.28. The summed E-state index contributed by atoms with van der Waals surface area (Å²) in [4.78, 5) is 2.46. The summed E-state index contributed by atoms with van der Waals surface area (Å²) in [6, 6.07) is 15.1. The predicted molar refractivity (Wildman–Crippen MR) is 89.9 cm³/mol. The van der Waals surface area contributed by atoms with Gasteiger partial charge in [-0.2, -0.15) is 0 Å². The monoisotopic (exact) mass is 309 g/mol. The predicted octanol–water partition coefficient (Wildman–Crippen LogP) is 5.15. The topological polar surface area (TPSA) is 16.4 Å². The lowest BCUT2D eigenvalue weighted by Gasteiger charge is -2.34. The molecule has 0 radical (unpaired) electrons. The Bertz CT molecular complexity index is 787. The van der Waals surface area contributed by atoms with Gasteiger partial charge in [0, 0.05) is 10.8 Å². The van der Waals surface area contributed by atoms with Crippen LogP contribution in [0.4, 0.5) is 4.39 Å². The van der Waals surface area contributed by atoms with Gasteiger partial charge in [-0.1, -0.05) is 42.8 Å². The first-order chi connectivity index (χ1) is 11.3. The van der Waals surface area contributed by atoms with Gasteiger partial charge in [0.1, 0.15) is 11.6 Å². The Morgan fingerprint density at radius 1 is 0.913 bits per heavy atom. The van der Waals surface area contributed by atoms with E-state index >= 15 is 0 Å². The van der Waals surface area contributed by atoms with Crippen molar-refractivity contribution in [3.8, 4) is 0 Å². The van der Waals surface area contributed by atoms with E-state index in [1.54, 1.807) is 0 Å². The lowest BCUT2D eigenvalue weighted by Crippen LogP contribution is -2.34. The maximum atomic E-state index is 13.4. The van der Waals surface area contributed by atoms with E-state index < -0.39 is 0 Å². The Kier molecular flexibility index (Phi) is 3.88. The zero-order valence-corrected chi connectivity index (χ0v) is 13.0. The number of furan rings is 1. The zero-order valence-electron chi connectivity index (χ0n) is 13.0. The summed E-state index contributed by atoms with van der Waals surface area (Å²) in [6.45, 7) is 2.11. The van der Waals surface area contributed by atoms with Gasteiger partial charge in [-0.15, -0.1) is 0 Å². The number of benzene rings is 2. The van der Waals surface area contributed by atoms with Gasteiger partial charge < -0.3 is 4.42 Å². The highest BCUT2D eigenvalue weighted by atomic mass is 19.1. The molecule has 118 valence electrons. The summed E-state index contributed by atoms with van der Waals surface area (Å²) >= 11 is 0. The van der Waals surface area contributed by atoms with E-state index in [1.165, 1.54) is 31.4 Å². The van der Waals surface area contributed by atoms with Crippen LogP contribution in [0.1, 0.15) is 36.6 Å². The maximum absolute atomic E-state index is 13.4. The molecular weight excluding hydrogens is 289 g/mol. The Balaban J connectivity index is 1.82. The fourth-order valence-electron chi connectivity index (χ4n) is 3.58. The average molecular weight is 309 g/mol. The summed E-state index contributed by atoms with van der Waals surface area (Å²) in [6.07, 6.45) is 5.52. The smallest absolute Gasteiger partial charge is 0.133 e. The van der Waals surface area contributed by atoms with E-state index in [0.29, 0.717) is 0 Å². The first-order valence-electron chi connectivity index (χ1n) is 8.28. The highest BCUT2D eigenvalue weighted by Gasteiger charge is 2.28. The molecule has 2 heterocycles. The molecular formula is C20H20FNO. The van der Waals surface area contributed by atoms with Crippen LogP contribution in [0.2, 0.25) is 0 Å². The van der Waals surface area contributed by atoms with Crippen molar-refractivity contribution in [1.82, 2.24) is 4.90 Å². The van der Waals surface area contributed by atoms with Crippen LogP contribution in [0.15, 0.2) is 59.2 Å². The van der Waals surface area contributed by atoms with Crippen LogP contribution in [-0.2, 0) is 0 Å². The van der Waals surface area contributed by atoms with Crippen molar-refractivity contribution in [2.75, 3.05) is 13.1 Å². The fraction of sp³-hybridized carbons (Fsp3) is 0.300. The van der Waals surface area contributed by atoms with Crippen molar-refractivity contribution in [1.29, 1.82) is 0 Å². The summed E-state index contributed by atoms with van der Waals surface area (Å²) in [7, 11) is 0. The number of hydrogen-bond donors (Lipinski definition) is 0.